The monoisotopic (exact) mass is 471 g/mol. The third-order valence-corrected chi connectivity index (χ3v) is 5.14. The molecule has 9 heteroatoms. The van der Waals surface area contributed by atoms with Crippen molar-refractivity contribution in [3.8, 4) is 23.0 Å². The van der Waals surface area contributed by atoms with Crippen LogP contribution in [0.1, 0.15) is 28.8 Å². The fraction of sp³-hybridized carbons (Fsp3) is 0.409. The highest BCUT2D eigenvalue weighted by molar-refractivity contribution is 5.94. The number of rotatable bonds is 8. The van der Waals surface area contributed by atoms with Gasteiger partial charge < -0.3 is 30.6 Å². The van der Waals surface area contributed by atoms with Gasteiger partial charge in [0.15, 0.2) is 11.5 Å². The van der Waals surface area contributed by atoms with Crippen LogP contribution in [0.5, 0.6) is 23.0 Å². The average Bonchev–Trinajstić information content (AvgIpc) is 2.78. The molecule has 2 aromatic carbocycles. The number of nitrogens with one attached hydrogen (secondary N) is 2. The van der Waals surface area contributed by atoms with Crippen LogP contribution in [0.25, 0.3) is 0 Å². The van der Waals surface area contributed by atoms with Crippen molar-refractivity contribution >= 4 is 30.7 Å². The summed E-state index contributed by atoms with van der Waals surface area (Å²) in [5.41, 5.74) is 7.14. The van der Waals surface area contributed by atoms with Gasteiger partial charge in [-0.25, -0.2) is 0 Å². The third kappa shape index (κ3) is 7.18. The zero-order valence-electron chi connectivity index (χ0n) is 17.8. The molecule has 0 saturated carbocycles. The second kappa shape index (κ2) is 13.3. The Kier molecular flexibility index (Phi) is 11.5. The van der Waals surface area contributed by atoms with Gasteiger partial charge in [-0.15, -0.1) is 24.8 Å². The summed E-state index contributed by atoms with van der Waals surface area (Å²) in [5.74, 6) is 2.63. The second-order valence-corrected chi connectivity index (χ2v) is 7.05. The Morgan fingerprint density at radius 3 is 2.39 bits per heavy atom. The van der Waals surface area contributed by atoms with Gasteiger partial charge in [-0.1, -0.05) is 6.07 Å². The minimum Gasteiger partial charge on any atom is -0.496 e. The number of ether oxygens (including phenoxy) is 3. The fourth-order valence-corrected chi connectivity index (χ4v) is 3.41. The average molecular weight is 472 g/mol. The van der Waals surface area contributed by atoms with E-state index in [2.05, 4.69) is 10.6 Å². The molecule has 172 valence electrons. The molecule has 1 heterocycles. The van der Waals surface area contributed by atoms with Gasteiger partial charge in [0.05, 0.1) is 14.2 Å². The van der Waals surface area contributed by atoms with Crippen LogP contribution in [0.15, 0.2) is 36.4 Å². The number of nitrogens with two attached hydrogens (primary N) is 1. The lowest BCUT2D eigenvalue weighted by Gasteiger charge is -2.22. The van der Waals surface area contributed by atoms with Crippen molar-refractivity contribution in [1.29, 1.82) is 0 Å². The molecular weight excluding hydrogens is 441 g/mol. The molecule has 0 atom stereocenters. The molecule has 1 saturated heterocycles. The molecule has 0 bridgehead atoms. The molecule has 1 aliphatic rings. The summed E-state index contributed by atoms with van der Waals surface area (Å²) >= 11 is 0. The summed E-state index contributed by atoms with van der Waals surface area (Å²) in [6, 6.07) is 10.6. The molecule has 4 N–H and O–H groups in total. The second-order valence-electron chi connectivity index (χ2n) is 7.05. The molecule has 1 amide bonds. The summed E-state index contributed by atoms with van der Waals surface area (Å²) in [6.07, 6.45) is 2.16. The summed E-state index contributed by atoms with van der Waals surface area (Å²) in [7, 11) is 3.16. The van der Waals surface area contributed by atoms with E-state index in [0.717, 1.165) is 31.5 Å². The quantitative estimate of drug-likeness (QED) is 0.544. The number of hydrogen-bond acceptors (Lipinski definition) is 6. The fourth-order valence-electron chi connectivity index (χ4n) is 3.41. The van der Waals surface area contributed by atoms with Crippen LogP contribution in [-0.2, 0) is 6.54 Å². The van der Waals surface area contributed by atoms with E-state index < -0.39 is 0 Å². The Labute approximate surface area is 195 Å². The molecule has 1 aliphatic heterocycles. The highest BCUT2D eigenvalue weighted by Gasteiger charge is 2.16. The standard InChI is InChI=1S/C22H29N3O4.2ClH/c1-27-19-6-4-16(22(26)25-14-15-7-9-24-10-8-15)11-21(19)29-18-5-3-17(13-23)20(12-18)28-2;;/h3-6,11-12,15,24H,7-10,13-14,23H2,1-2H3,(H,25,26);2*1H. The first-order valence-electron chi connectivity index (χ1n) is 9.86. The van der Waals surface area contributed by atoms with Crippen LogP contribution in [0.2, 0.25) is 0 Å². The molecule has 3 rings (SSSR count). The van der Waals surface area contributed by atoms with Gasteiger partial charge in [0, 0.05) is 30.3 Å². The first kappa shape index (κ1) is 26.8. The zero-order chi connectivity index (χ0) is 20.6. The van der Waals surface area contributed by atoms with E-state index in [1.54, 1.807) is 38.5 Å². The van der Waals surface area contributed by atoms with Crippen LogP contribution in [0.3, 0.4) is 0 Å². The topological polar surface area (TPSA) is 94.8 Å². The van der Waals surface area contributed by atoms with Crippen molar-refractivity contribution in [1.82, 2.24) is 10.6 Å². The number of amides is 1. The Morgan fingerprint density at radius 2 is 1.74 bits per heavy atom. The highest BCUT2D eigenvalue weighted by atomic mass is 35.5. The van der Waals surface area contributed by atoms with Crippen LogP contribution < -0.4 is 30.6 Å². The number of hydrogen-bond donors (Lipinski definition) is 3. The molecule has 1 fully saturated rings. The number of benzene rings is 2. The predicted molar refractivity (Wildman–Crippen MR) is 126 cm³/mol. The van der Waals surface area contributed by atoms with Crippen LogP contribution in [0.4, 0.5) is 0 Å². The molecular formula is C22H31Cl2N3O4. The van der Waals surface area contributed by atoms with Gasteiger partial charge in [-0.3, -0.25) is 4.79 Å². The summed E-state index contributed by atoms with van der Waals surface area (Å²) in [5, 5.41) is 6.37. The van der Waals surface area contributed by atoms with E-state index in [0.29, 0.717) is 47.6 Å². The number of halogens is 2. The van der Waals surface area contributed by atoms with Crippen molar-refractivity contribution < 1.29 is 19.0 Å². The molecule has 0 spiro atoms. The van der Waals surface area contributed by atoms with Crippen molar-refractivity contribution in [2.24, 2.45) is 11.7 Å². The van der Waals surface area contributed by atoms with Crippen molar-refractivity contribution in [2.75, 3.05) is 33.9 Å². The number of piperidine rings is 1. The first-order chi connectivity index (χ1) is 14.1. The number of methoxy groups -OCH3 is 2. The Bertz CT molecular complexity index is 846. The molecule has 7 nitrogen and oxygen atoms in total. The van der Waals surface area contributed by atoms with E-state index in [9.17, 15) is 4.79 Å². The lowest BCUT2D eigenvalue weighted by atomic mass is 9.98. The first-order valence-corrected chi connectivity index (χ1v) is 9.86. The van der Waals surface area contributed by atoms with Crippen LogP contribution >= 0.6 is 24.8 Å². The van der Waals surface area contributed by atoms with Gasteiger partial charge in [-0.2, -0.15) is 0 Å². The molecule has 0 aromatic heterocycles. The lowest BCUT2D eigenvalue weighted by Crippen LogP contribution is -2.35. The van der Waals surface area contributed by atoms with E-state index in [1.807, 2.05) is 12.1 Å². The highest BCUT2D eigenvalue weighted by Crippen LogP contribution is 2.34. The Hall–Kier alpha value is -2.19. The van der Waals surface area contributed by atoms with Crippen molar-refractivity contribution in [3.05, 3.63) is 47.5 Å². The maximum Gasteiger partial charge on any atom is 0.251 e. The maximum atomic E-state index is 12.6. The molecule has 0 aliphatic carbocycles. The van der Waals surface area contributed by atoms with E-state index in [-0.39, 0.29) is 30.7 Å². The van der Waals surface area contributed by atoms with Crippen molar-refractivity contribution in [3.63, 3.8) is 0 Å². The SMILES string of the molecule is COc1cc(Oc2cc(C(=O)NCC3CCNCC3)ccc2OC)ccc1CN.Cl.Cl. The van der Waals surface area contributed by atoms with E-state index in [4.69, 9.17) is 19.9 Å². The normalized spacial score (nSPS) is 13.4. The van der Waals surface area contributed by atoms with Crippen LogP contribution in [0, 0.1) is 5.92 Å². The number of carbonyl (C=O) groups excluding carboxylic acids is 1. The third-order valence-electron chi connectivity index (χ3n) is 5.14. The van der Waals surface area contributed by atoms with Gasteiger partial charge in [0.1, 0.15) is 11.5 Å². The van der Waals surface area contributed by atoms with Crippen LogP contribution in [-0.4, -0.2) is 39.8 Å². The number of carbonyl (C=O) groups is 1. The van der Waals surface area contributed by atoms with Gasteiger partial charge in [0.25, 0.3) is 5.91 Å². The van der Waals surface area contributed by atoms with Gasteiger partial charge in [0.2, 0.25) is 0 Å². The minimum atomic E-state index is -0.118. The molecule has 0 radical (unpaired) electrons. The minimum absolute atomic E-state index is 0. The lowest BCUT2D eigenvalue weighted by molar-refractivity contribution is 0.0944. The largest absolute Gasteiger partial charge is 0.496 e. The van der Waals surface area contributed by atoms with E-state index in [1.165, 1.54) is 0 Å². The Morgan fingerprint density at radius 1 is 1.03 bits per heavy atom. The van der Waals surface area contributed by atoms with Gasteiger partial charge >= 0.3 is 0 Å². The predicted octanol–water partition coefficient (Wildman–Crippen LogP) is 3.53. The molecule has 31 heavy (non-hydrogen) atoms. The van der Waals surface area contributed by atoms with Crippen molar-refractivity contribution in [2.45, 2.75) is 19.4 Å². The summed E-state index contributed by atoms with van der Waals surface area (Å²) in [4.78, 5) is 12.6. The summed E-state index contributed by atoms with van der Waals surface area (Å²) in [6.45, 7) is 3.07. The smallest absolute Gasteiger partial charge is 0.251 e. The maximum absolute atomic E-state index is 12.6. The zero-order valence-corrected chi connectivity index (χ0v) is 19.4. The molecule has 2 aromatic rings. The Balaban J connectivity index is 0.00000240. The molecule has 0 unspecified atom stereocenters. The van der Waals surface area contributed by atoms with E-state index >= 15 is 0 Å². The summed E-state index contributed by atoms with van der Waals surface area (Å²) < 4.78 is 16.8. The van der Waals surface area contributed by atoms with Gasteiger partial charge in [-0.05, 0) is 56.1 Å².